The van der Waals surface area contributed by atoms with Crippen molar-refractivity contribution in [2.24, 2.45) is 0 Å². The monoisotopic (exact) mass is 408 g/mol. The Balaban J connectivity index is 1.79. The Morgan fingerprint density at radius 3 is 2.50 bits per heavy atom. The van der Waals surface area contributed by atoms with E-state index in [4.69, 9.17) is 4.43 Å². The highest BCUT2D eigenvalue weighted by molar-refractivity contribution is 6.74. The Morgan fingerprint density at radius 2 is 1.93 bits per heavy atom. The Hall–Kier alpha value is -1.18. The summed E-state index contributed by atoms with van der Waals surface area (Å²) in [5, 5.41) is 0.219. The molecule has 0 aliphatic carbocycles. The van der Waals surface area contributed by atoms with Crippen LogP contribution in [-0.4, -0.2) is 73.4 Å². The Labute approximate surface area is 172 Å². The van der Waals surface area contributed by atoms with Gasteiger partial charge in [-0.25, -0.2) is 4.98 Å². The van der Waals surface area contributed by atoms with Gasteiger partial charge in [-0.05, 0) is 45.1 Å². The van der Waals surface area contributed by atoms with Crippen LogP contribution in [0.2, 0.25) is 18.1 Å². The van der Waals surface area contributed by atoms with Gasteiger partial charge in [-0.15, -0.1) is 0 Å². The molecule has 1 fully saturated rings. The van der Waals surface area contributed by atoms with Crippen molar-refractivity contribution in [2.45, 2.75) is 77.2 Å². The first-order chi connectivity index (χ1) is 13.0. The molecule has 1 aromatic rings. The number of piperidine rings is 1. The molecule has 160 valence electrons. The molecular weight excluding hydrogens is 368 g/mol. The van der Waals surface area contributed by atoms with Gasteiger partial charge >= 0.3 is 0 Å². The predicted octanol–water partition coefficient (Wildman–Crippen LogP) is 3.39. The molecule has 1 aliphatic rings. The molecule has 1 aromatic heterocycles. The van der Waals surface area contributed by atoms with Gasteiger partial charge in [0.05, 0.1) is 6.61 Å². The van der Waals surface area contributed by atoms with Crippen molar-refractivity contribution in [3.8, 4) is 0 Å². The van der Waals surface area contributed by atoms with Gasteiger partial charge in [-0.2, -0.15) is 0 Å². The second kappa shape index (κ2) is 9.54. The zero-order valence-electron chi connectivity index (χ0n) is 19.0. The quantitative estimate of drug-likeness (QED) is 0.619. The molecule has 0 atom stereocenters. The highest BCUT2D eigenvalue weighted by Crippen LogP contribution is 2.36. The molecule has 28 heavy (non-hydrogen) atoms. The maximum Gasteiger partial charge on any atom is 0.223 e. The highest BCUT2D eigenvalue weighted by atomic mass is 28.4. The average molecular weight is 409 g/mol. The van der Waals surface area contributed by atoms with Crippen LogP contribution in [-0.2, 0) is 22.2 Å². The van der Waals surface area contributed by atoms with Crippen molar-refractivity contribution in [1.82, 2.24) is 19.4 Å². The minimum absolute atomic E-state index is 0.219. The number of aromatic nitrogens is 2. The molecule has 0 aromatic carbocycles. The number of amides is 1. The van der Waals surface area contributed by atoms with Gasteiger partial charge in [-0.3, -0.25) is 4.79 Å². The van der Waals surface area contributed by atoms with Crippen LogP contribution in [0.1, 0.15) is 45.9 Å². The van der Waals surface area contributed by atoms with Crippen LogP contribution in [0.15, 0.2) is 12.4 Å². The van der Waals surface area contributed by atoms with Crippen LogP contribution in [0.25, 0.3) is 0 Å². The molecule has 6 nitrogen and oxygen atoms in total. The van der Waals surface area contributed by atoms with Crippen LogP contribution < -0.4 is 0 Å². The van der Waals surface area contributed by atoms with Gasteiger partial charge in [0.25, 0.3) is 0 Å². The van der Waals surface area contributed by atoms with Crippen LogP contribution in [0, 0.1) is 0 Å². The summed E-state index contributed by atoms with van der Waals surface area (Å²) in [7, 11) is 2.52. The van der Waals surface area contributed by atoms with Crippen LogP contribution in [0.4, 0.5) is 0 Å². The largest absolute Gasteiger partial charge is 0.415 e. The lowest BCUT2D eigenvalue weighted by molar-refractivity contribution is -0.132. The summed E-state index contributed by atoms with van der Waals surface area (Å²) in [4.78, 5) is 21.4. The number of imidazole rings is 1. The first kappa shape index (κ1) is 23.1. The van der Waals surface area contributed by atoms with E-state index in [2.05, 4.69) is 62.4 Å². The van der Waals surface area contributed by atoms with Crippen LogP contribution in [0.5, 0.6) is 0 Å². The molecule has 2 heterocycles. The van der Waals surface area contributed by atoms with Crippen LogP contribution in [0.3, 0.4) is 0 Å². The maximum atomic E-state index is 12.6. The van der Waals surface area contributed by atoms with Crippen LogP contribution >= 0.6 is 0 Å². The number of likely N-dealkylation sites (tertiary alicyclic amines) is 1. The summed E-state index contributed by atoms with van der Waals surface area (Å²) in [6.45, 7) is 14.6. The van der Waals surface area contributed by atoms with Gasteiger partial charge < -0.3 is 18.8 Å². The molecular formula is C21H40N4O2Si. The third-order valence-corrected chi connectivity index (χ3v) is 11.1. The van der Waals surface area contributed by atoms with E-state index in [0.717, 1.165) is 38.3 Å². The molecule has 0 radical (unpaired) electrons. The van der Waals surface area contributed by atoms with E-state index in [1.165, 1.54) is 0 Å². The van der Waals surface area contributed by atoms with Crippen molar-refractivity contribution in [2.75, 3.05) is 33.8 Å². The van der Waals surface area contributed by atoms with E-state index in [1.54, 1.807) is 0 Å². The number of hydrogen-bond acceptors (Lipinski definition) is 4. The lowest BCUT2D eigenvalue weighted by Gasteiger charge is -2.36. The van der Waals surface area contributed by atoms with Gasteiger partial charge in [-0.1, -0.05) is 20.8 Å². The SMILES string of the molecule is CN(C)C1CCN(C(=O)CCc2nccn2CCO[Si](C)(C)C(C)(C)C)CC1. The average Bonchev–Trinajstić information content (AvgIpc) is 3.06. The standard InChI is InChI=1S/C21H40N4O2Si/c1-21(2,3)28(6,7)27-17-16-24-15-12-22-19(24)8-9-20(26)25-13-10-18(11-14-25)23(4)5/h12,15,18H,8-11,13-14,16-17H2,1-7H3. The number of carbonyl (C=O) groups excluding carboxylic acids is 1. The zero-order chi connectivity index (χ0) is 20.9. The normalized spacial score (nSPS) is 16.8. The molecule has 0 unspecified atom stereocenters. The second-order valence-electron chi connectivity index (χ2n) is 9.72. The molecule has 0 bridgehead atoms. The lowest BCUT2D eigenvalue weighted by Crippen LogP contribution is -2.44. The third-order valence-electron chi connectivity index (χ3n) is 6.51. The molecule has 2 rings (SSSR count). The second-order valence-corrected chi connectivity index (χ2v) is 14.5. The fraction of sp³-hybridized carbons (Fsp3) is 0.810. The van der Waals surface area contributed by atoms with Crippen molar-refractivity contribution in [1.29, 1.82) is 0 Å². The molecule has 1 amide bonds. The lowest BCUT2D eigenvalue weighted by atomic mass is 10.0. The first-order valence-electron chi connectivity index (χ1n) is 10.6. The van der Waals surface area contributed by atoms with E-state index < -0.39 is 8.32 Å². The van der Waals surface area contributed by atoms with Gasteiger partial charge in [0.1, 0.15) is 5.82 Å². The maximum absolute atomic E-state index is 12.6. The minimum atomic E-state index is -1.73. The van der Waals surface area contributed by atoms with E-state index in [1.807, 2.05) is 17.3 Å². The number of aryl methyl sites for hydroxylation is 1. The van der Waals surface area contributed by atoms with E-state index in [9.17, 15) is 4.79 Å². The minimum Gasteiger partial charge on any atom is -0.415 e. The number of hydrogen-bond donors (Lipinski definition) is 0. The van der Waals surface area contributed by atoms with Crippen molar-refractivity contribution >= 4 is 14.2 Å². The predicted molar refractivity (Wildman–Crippen MR) is 117 cm³/mol. The molecule has 7 heteroatoms. The van der Waals surface area contributed by atoms with E-state index in [-0.39, 0.29) is 10.9 Å². The highest BCUT2D eigenvalue weighted by Gasteiger charge is 2.36. The summed E-state index contributed by atoms with van der Waals surface area (Å²) in [6, 6.07) is 0.601. The fourth-order valence-electron chi connectivity index (χ4n) is 3.40. The summed E-state index contributed by atoms with van der Waals surface area (Å²) < 4.78 is 8.42. The summed E-state index contributed by atoms with van der Waals surface area (Å²) in [6.07, 6.45) is 7.19. The van der Waals surface area contributed by atoms with Crippen molar-refractivity contribution in [3.63, 3.8) is 0 Å². The molecule has 1 aliphatic heterocycles. The Kier molecular flexibility index (Phi) is 7.87. The first-order valence-corrected chi connectivity index (χ1v) is 13.5. The molecule has 0 saturated carbocycles. The van der Waals surface area contributed by atoms with Gasteiger partial charge in [0, 0.05) is 50.9 Å². The third kappa shape index (κ3) is 6.16. The van der Waals surface area contributed by atoms with Crippen molar-refractivity contribution in [3.05, 3.63) is 18.2 Å². The molecule has 0 N–H and O–H groups in total. The van der Waals surface area contributed by atoms with Crippen molar-refractivity contribution < 1.29 is 9.22 Å². The van der Waals surface area contributed by atoms with E-state index in [0.29, 0.717) is 25.5 Å². The summed E-state index contributed by atoms with van der Waals surface area (Å²) in [5.41, 5.74) is 0. The topological polar surface area (TPSA) is 50.6 Å². The smallest absolute Gasteiger partial charge is 0.223 e. The Bertz CT molecular complexity index is 629. The van der Waals surface area contributed by atoms with Gasteiger partial charge in [0.15, 0.2) is 8.32 Å². The number of nitrogens with zero attached hydrogens (tertiary/aromatic N) is 4. The van der Waals surface area contributed by atoms with E-state index >= 15 is 0 Å². The number of carbonyl (C=O) groups is 1. The fourth-order valence-corrected chi connectivity index (χ4v) is 4.43. The van der Waals surface area contributed by atoms with Gasteiger partial charge in [0.2, 0.25) is 5.91 Å². The summed E-state index contributed by atoms with van der Waals surface area (Å²) >= 11 is 0. The summed E-state index contributed by atoms with van der Waals surface area (Å²) in [5.74, 6) is 1.24. The molecule has 0 spiro atoms. The Morgan fingerprint density at radius 1 is 1.29 bits per heavy atom. The number of rotatable bonds is 8. The zero-order valence-corrected chi connectivity index (χ0v) is 20.0. The molecule has 1 saturated heterocycles.